The lowest BCUT2D eigenvalue weighted by molar-refractivity contribution is -0.133. The van der Waals surface area contributed by atoms with Crippen molar-refractivity contribution in [2.75, 3.05) is 37.7 Å². The summed E-state index contributed by atoms with van der Waals surface area (Å²) in [5, 5.41) is 12.4. The third kappa shape index (κ3) is 3.99. The molecule has 0 aliphatic carbocycles. The molecule has 9 nitrogen and oxygen atoms in total. The van der Waals surface area contributed by atoms with Gasteiger partial charge in [0.05, 0.1) is 0 Å². The molecule has 0 spiro atoms. The summed E-state index contributed by atoms with van der Waals surface area (Å²) >= 11 is 0. The molecule has 2 aliphatic heterocycles. The Morgan fingerprint density at radius 1 is 1.16 bits per heavy atom. The first-order valence-electron chi connectivity index (χ1n) is 10.6. The highest BCUT2D eigenvalue weighted by molar-refractivity contribution is 5.78. The first-order chi connectivity index (χ1) is 15.0. The van der Waals surface area contributed by atoms with Crippen LogP contribution in [0.1, 0.15) is 25.8 Å². The fraction of sp³-hybridized carbons (Fsp3) is 0.455. The van der Waals surface area contributed by atoms with Gasteiger partial charge >= 0.3 is 0 Å². The van der Waals surface area contributed by atoms with Crippen LogP contribution in [0.5, 0.6) is 11.5 Å². The Morgan fingerprint density at radius 2 is 2.06 bits per heavy atom. The van der Waals surface area contributed by atoms with Crippen LogP contribution in [0.3, 0.4) is 0 Å². The van der Waals surface area contributed by atoms with Gasteiger partial charge in [-0.2, -0.15) is 4.52 Å². The van der Waals surface area contributed by atoms with Crippen LogP contribution in [0.4, 0.5) is 5.82 Å². The molecule has 3 aromatic rings. The smallest absolute Gasteiger partial charge is 0.260 e. The summed E-state index contributed by atoms with van der Waals surface area (Å²) in [5.41, 5.74) is 1.59. The van der Waals surface area contributed by atoms with E-state index in [4.69, 9.17) is 9.47 Å². The number of anilines is 1. The summed E-state index contributed by atoms with van der Waals surface area (Å²) in [7, 11) is 0. The molecular formula is C22H26N6O3. The summed E-state index contributed by atoms with van der Waals surface area (Å²) < 4.78 is 13.6. The molecule has 162 valence electrons. The number of aromatic nitrogens is 4. The van der Waals surface area contributed by atoms with Crippen molar-refractivity contribution < 1.29 is 14.3 Å². The highest BCUT2D eigenvalue weighted by atomic mass is 16.5. The number of hydrogen-bond donors (Lipinski definition) is 0. The average Bonchev–Trinajstić information content (AvgIpc) is 3.25. The Balaban J connectivity index is 1.20. The lowest BCUT2D eigenvalue weighted by atomic mass is 10.0. The minimum absolute atomic E-state index is 0.00512. The summed E-state index contributed by atoms with van der Waals surface area (Å²) in [6.45, 7) is 6.99. The van der Waals surface area contributed by atoms with Crippen LogP contribution in [0, 0.1) is 0 Å². The van der Waals surface area contributed by atoms with Crippen LogP contribution in [0.2, 0.25) is 0 Å². The normalized spacial score (nSPS) is 17.9. The second kappa shape index (κ2) is 7.72. The Kier molecular flexibility index (Phi) is 4.88. The Labute approximate surface area is 180 Å². The number of para-hydroxylation sites is 1. The fourth-order valence-corrected chi connectivity index (χ4v) is 4.21. The maximum Gasteiger partial charge on any atom is 0.260 e. The molecule has 31 heavy (non-hydrogen) atoms. The molecule has 0 N–H and O–H groups in total. The first-order valence-corrected chi connectivity index (χ1v) is 10.6. The molecule has 0 atom stereocenters. The number of amides is 1. The van der Waals surface area contributed by atoms with E-state index in [1.54, 1.807) is 10.8 Å². The molecule has 0 bridgehead atoms. The van der Waals surface area contributed by atoms with Gasteiger partial charge in [-0.3, -0.25) is 4.79 Å². The summed E-state index contributed by atoms with van der Waals surface area (Å²) in [5.74, 6) is 2.24. The van der Waals surface area contributed by atoms with Gasteiger partial charge in [0.2, 0.25) is 0 Å². The average molecular weight is 422 g/mol. The number of carbonyl (C=O) groups excluding carboxylic acids is 1. The quantitative estimate of drug-likeness (QED) is 0.635. The maximum absolute atomic E-state index is 12.8. The lowest BCUT2D eigenvalue weighted by Gasteiger charge is -2.23. The molecule has 1 saturated heterocycles. The molecule has 5 rings (SSSR count). The largest absolute Gasteiger partial charge is 0.483 e. The van der Waals surface area contributed by atoms with Crippen molar-refractivity contribution in [1.82, 2.24) is 24.7 Å². The fourth-order valence-electron chi connectivity index (χ4n) is 4.21. The molecular weight excluding hydrogens is 396 g/mol. The van der Waals surface area contributed by atoms with Crippen LogP contribution in [-0.4, -0.2) is 69.0 Å². The molecule has 4 heterocycles. The predicted octanol–water partition coefficient (Wildman–Crippen LogP) is 1.96. The van der Waals surface area contributed by atoms with Gasteiger partial charge in [-0.25, -0.2) is 0 Å². The molecule has 0 unspecified atom stereocenters. The second-order valence-corrected chi connectivity index (χ2v) is 8.62. The zero-order chi connectivity index (χ0) is 21.4. The van der Waals surface area contributed by atoms with Gasteiger partial charge in [0.15, 0.2) is 23.8 Å². The Morgan fingerprint density at radius 3 is 2.97 bits per heavy atom. The van der Waals surface area contributed by atoms with E-state index in [-0.39, 0.29) is 18.1 Å². The van der Waals surface area contributed by atoms with Crippen LogP contribution >= 0.6 is 0 Å². The van der Waals surface area contributed by atoms with Gasteiger partial charge in [0.25, 0.3) is 5.91 Å². The number of ether oxygens (including phenoxy) is 2. The monoisotopic (exact) mass is 422 g/mol. The SMILES string of the molecule is CC1(C)Cc2cccc(OCC(=O)N3CCCN(c4ccc5nncn5n4)CC3)c2O1. The van der Waals surface area contributed by atoms with E-state index in [0.717, 1.165) is 36.5 Å². The van der Waals surface area contributed by atoms with Crippen molar-refractivity contribution in [2.24, 2.45) is 0 Å². The molecule has 1 fully saturated rings. The molecule has 1 aromatic carbocycles. The van der Waals surface area contributed by atoms with Gasteiger partial charge in [0, 0.05) is 38.2 Å². The van der Waals surface area contributed by atoms with Crippen LogP contribution < -0.4 is 14.4 Å². The minimum Gasteiger partial charge on any atom is -0.483 e. The summed E-state index contributed by atoms with van der Waals surface area (Å²) in [6, 6.07) is 9.71. The summed E-state index contributed by atoms with van der Waals surface area (Å²) in [4.78, 5) is 16.9. The number of nitrogens with zero attached hydrogens (tertiary/aromatic N) is 6. The maximum atomic E-state index is 12.8. The van der Waals surface area contributed by atoms with Gasteiger partial charge in [-0.05, 0) is 38.5 Å². The van der Waals surface area contributed by atoms with E-state index >= 15 is 0 Å². The van der Waals surface area contributed by atoms with Crippen molar-refractivity contribution in [3.8, 4) is 11.5 Å². The van der Waals surface area contributed by atoms with Gasteiger partial charge < -0.3 is 19.3 Å². The molecule has 0 saturated carbocycles. The number of fused-ring (bicyclic) bond motifs is 2. The van der Waals surface area contributed by atoms with Crippen molar-refractivity contribution in [2.45, 2.75) is 32.3 Å². The van der Waals surface area contributed by atoms with Crippen LogP contribution in [0.15, 0.2) is 36.7 Å². The van der Waals surface area contributed by atoms with E-state index in [1.807, 2.05) is 35.2 Å². The van der Waals surface area contributed by atoms with Crippen molar-refractivity contribution >= 4 is 17.4 Å². The van der Waals surface area contributed by atoms with Crippen LogP contribution in [0.25, 0.3) is 5.65 Å². The highest BCUT2D eigenvalue weighted by Gasteiger charge is 2.32. The van der Waals surface area contributed by atoms with Crippen LogP contribution in [-0.2, 0) is 11.2 Å². The molecule has 9 heteroatoms. The molecule has 2 aliphatic rings. The van der Waals surface area contributed by atoms with E-state index in [9.17, 15) is 4.79 Å². The Hall–Kier alpha value is -3.36. The number of hydrogen-bond acceptors (Lipinski definition) is 7. The predicted molar refractivity (Wildman–Crippen MR) is 115 cm³/mol. The Bertz CT molecular complexity index is 1110. The summed E-state index contributed by atoms with van der Waals surface area (Å²) in [6.07, 6.45) is 3.30. The zero-order valence-corrected chi connectivity index (χ0v) is 17.8. The third-order valence-corrected chi connectivity index (χ3v) is 5.73. The van der Waals surface area contributed by atoms with Gasteiger partial charge in [-0.15, -0.1) is 15.3 Å². The minimum atomic E-state index is -0.246. The molecule has 1 amide bonds. The standard InChI is InChI=1S/C22H26N6O3/c1-22(2)13-16-5-3-6-17(21(16)31-22)30-14-20(29)27-10-4-9-26(11-12-27)19-8-7-18-24-23-15-28(18)25-19/h3,5-8,15H,4,9-14H2,1-2H3. The number of rotatable bonds is 4. The zero-order valence-electron chi connectivity index (χ0n) is 17.8. The first kappa shape index (κ1) is 19.6. The van der Waals surface area contributed by atoms with E-state index in [0.29, 0.717) is 31.0 Å². The van der Waals surface area contributed by atoms with Crippen molar-refractivity contribution in [1.29, 1.82) is 0 Å². The topological polar surface area (TPSA) is 85.1 Å². The highest BCUT2D eigenvalue weighted by Crippen LogP contribution is 2.41. The van der Waals surface area contributed by atoms with E-state index in [2.05, 4.69) is 34.0 Å². The van der Waals surface area contributed by atoms with Crippen molar-refractivity contribution in [3.05, 3.63) is 42.2 Å². The van der Waals surface area contributed by atoms with E-state index < -0.39 is 0 Å². The number of benzene rings is 1. The molecule has 2 aromatic heterocycles. The van der Waals surface area contributed by atoms with Gasteiger partial charge in [0.1, 0.15) is 17.7 Å². The second-order valence-electron chi connectivity index (χ2n) is 8.62. The lowest BCUT2D eigenvalue weighted by Crippen LogP contribution is -2.38. The van der Waals surface area contributed by atoms with E-state index in [1.165, 1.54) is 0 Å². The molecule has 0 radical (unpaired) electrons. The van der Waals surface area contributed by atoms with Gasteiger partial charge in [-0.1, -0.05) is 12.1 Å². The third-order valence-electron chi connectivity index (χ3n) is 5.73. The van der Waals surface area contributed by atoms with Crippen molar-refractivity contribution in [3.63, 3.8) is 0 Å². The number of carbonyl (C=O) groups is 1.